The van der Waals surface area contributed by atoms with E-state index in [0.29, 0.717) is 18.4 Å². The summed E-state index contributed by atoms with van der Waals surface area (Å²) in [5, 5.41) is 0.626. The van der Waals surface area contributed by atoms with Crippen molar-refractivity contribution in [3.05, 3.63) is 10.8 Å². The molecule has 0 N–H and O–H groups in total. The van der Waals surface area contributed by atoms with Gasteiger partial charge in [0.1, 0.15) is 0 Å². The Morgan fingerprint density at radius 3 is 2.44 bits per heavy atom. The van der Waals surface area contributed by atoms with Gasteiger partial charge >= 0.3 is 0 Å². The van der Waals surface area contributed by atoms with Crippen molar-refractivity contribution in [2.75, 3.05) is 27.4 Å². The Labute approximate surface area is 103 Å². The van der Waals surface area contributed by atoms with Gasteiger partial charge in [0, 0.05) is 35.4 Å². The van der Waals surface area contributed by atoms with Crippen LogP contribution in [0.1, 0.15) is 13.3 Å². The minimum absolute atomic E-state index is 0.0688. The molecule has 0 saturated heterocycles. The van der Waals surface area contributed by atoms with E-state index in [4.69, 9.17) is 9.47 Å². The molecule has 1 aliphatic carbocycles. The molecule has 0 aromatic carbocycles. The summed E-state index contributed by atoms with van der Waals surface area (Å²) >= 11 is 0. The average molecular weight is 252 g/mol. The Morgan fingerprint density at radius 1 is 1.38 bits per heavy atom. The number of hydrogen-bond donors (Lipinski definition) is 0. The molecule has 0 fully saturated rings. The summed E-state index contributed by atoms with van der Waals surface area (Å²) in [6, 6.07) is 0. The van der Waals surface area contributed by atoms with Gasteiger partial charge in [0.25, 0.3) is 0 Å². The Morgan fingerprint density at radius 2 is 2.00 bits per heavy atom. The van der Waals surface area contributed by atoms with Crippen LogP contribution in [0.4, 0.5) is 0 Å². The molecule has 6 radical (unpaired) electrons. The molecule has 86 valence electrons. The van der Waals surface area contributed by atoms with Crippen molar-refractivity contribution in [2.45, 2.75) is 18.9 Å². The number of carbonyl (C=O) groups excluding carboxylic acids is 1. The molecule has 1 rings (SSSR count). The maximum absolute atomic E-state index is 12.0. The molecule has 0 aliphatic heterocycles. The van der Waals surface area contributed by atoms with Gasteiger partial charge in [0.05, 0.1) is 23.5 Å². The fourth-order valence-electron chi connectivity index (χ4n) is 2.27. The average Bonchev–Trinajstić information content (AvgIpc) is 2.45. The molecule has 0 aromatic rings. The van der Waals surface area contributed by atoms with Gasteiger partial charge < -0.3 is 9.47 Å². The molecule has 2 unspecified atom stereocenters. The van der Waals surface area contributed by atoms with E-state index in [1.54, 1.807) is 14.2 Å². The van der Waals surface area contributed by atoms with Gasteiger partial charge in [-0.05, 0) is 17.2 Å². The maximum atomic E-state index is 12.0. The summed E-state index contributed by atoms with van der Waals surface area (Å²) in [5.74, 6) is 0.0688. The quantitative estimate of drug-likeness (QED) is 0.674. The highest BCUT2D eigenvalue weighted by Gasteiger charge is 2.48. The molecule has 2 atom stereocenters. The summed E-state index contributed by atoms with van der Waals surface area (Å²) in [6.07, 6.45) is 0.827. The predicted octanol–water partition coefficient (Wildman–Crippen LogP) is 0.638. The first-order chi connectivity index (χ1) is 7.55. The van der Waals surface area contributed by atoms with Crippen LogP contribution in [0.2, 0.25) is 5.54 Å². The number of rotatable bonds is 5. The van der Waals surface area contributed by atoms with E-state index in [-0.39, 0.29) is 16.7 Å². The van der Waals surface area contributed by atoms with E-state index >= 15 is 0 Å². The normalized spacial score (nSPS) is 30.3. The summed E-state index contributed by atoms with van der Waals surface area (Å²) in [6.45, 7) is 3.01. The van der Waals surface area contributed by atoms with E-state index in [9.17, 15) is 4.79 Å². The van der Waals surface area contributed by atoms with Gasteiger partial charge in [0.15, 0.2) is 5.78 Å². The first-order valence-corrected chi connectivity index (χ1v) is 6.31. The second-order valence-corrected chi connectivity index (χ2v) is 5.10. The molecule has 0 bridgehead atoms. The van der Waals surface area contributed by atoms with E-state index in [1.165, 1.54) is 0 Å². The number of ketones is 1. The molecule has 0 aromatic heterocycles. The van der Waals surface area contributed by atoms with Gasteiger partial charge in [-0.25, -0.2) is 0 Å². The Kier molecular flexibility index (Phi) is 4.66. The number of ether oxygens (including phenoxy) is 2. The zero-order chi connectivity index (χ0) is 12.3. The second-order valence-electron chi connectivity index (χ2n) is 4.03. The molecule has 3 nitrogen and oxygen atoms in total. The molecule has 0 amide bonds. The van der Waals surface area contributed by atoms with Crippen LogP contribution >= 0.6 is 0 Å². The molecular weight excluding hydrogens is 236 g/mol. The Bertz CT molecular complexity index is 314. The minimum atomic E-state index is -0.296. The van der Waals surface area contributed by atoms with Gasteiger partial charge in [0.2, 0.25) is 0 Å². The largest absolute Gasteiger partial charge is 0.384 e. The lowest BCUT2D eigenvalue weighted by molar-refractivity contribution is -0.116. The van der Waals surface area contributed by atoms with Crippen molar-refractivity contribution in [1.82, 2.24) is 0 Å². The van der Waals surface area contributed by atoms with Gasteiger partial charge in [-0.1, -0.05) is 6.92 Å². The first-order valence-electron chi connectivity index (χ1n) is 5.23. The molecule has 16 heavy (non-hydrogen) atoms. The fraction of sp³-hybridized carbons (Fsp3) is 0.727. The van der Waals surface area contributed by atoms with Crippen LogP contribution in [-0.4, -0.2) is 53.7 Å². The number of allylic oxidation sites excluding steroid dienone is 1. The third kappa shape index (κ3) is 1.97. The van der Waals surface area contributed by atoms with Crippen LogP contribution in [0.5, 0.6) is 0 Å². The van der Waals surface area contributed by atoms with Crippen LogP contribution < -0.4 is 0 Å². The van der Waals surface area contributed by atoms with Crippen molar-refractivity contribution >= 4 is 26.3 Å². The van der Waals surface area contributed by atoms with Crippen LogP contribution in [0, 0.1) is 5.41 Å². The van der Waals surface area contributed by atoms with Crippen molar-refractivity contribution in [1.29, 1.82) is 0 Å². The highest BCUT2D eigenvalue weighted by Crippen LogP contribution is 2.49. The van der Waals surface area contributed by atoms with E-state index in [2.05, 4.69) is 27.4 Å². The summed E-state index contributed by atoms with van der Waals surface area (Å²) in [5.41, 5.74) is 0.451. The first kappa shape index (κ1) is 13.8. The highest BCUT2D eigenvalue weighted by molar-refractivity contribution is 6.45. The lowest BCUT2D eigenvalue weighted by Gasteiger charge is -2.34. The third-order valence-corrected chi connectivity index (χ3v) is 4.65. The van der Waals surface area contributed by atoms with Crippen molar-refractivity contribution < 1.29 is 14.3 Å². The highest BCUT2D eigenvalue weighted by atomic mass is 28.1. The minimum Gasteiger partial charge on any atom is -0.384 e. The third-order valence-electron chi connectivity index (χ3n) is 3.29. The van der Waals surface area contributed by atoms with Crippen LogP contribution in [0.3, 0.4) is 0 Å². The zero-order valence-corrected chi connectivity index (χ0v) is 11.9. The summed E-state index contributed by atoms with van der Waals surface area (Å²) in [7, 11) is 10.2. The van der Waals surface area contributed by atoms with Crippen molar-refractivity contribution in [3.63, 3.8) is 0 Å². The van der Waals surface area contributed by atoms with E-state index in [0.717, 1.165) is 12.0 Å². The lowest BCUT2D eigenvalue weighted by Crippen LogP contribution is -2.33. The number of methoxy groups -OCH3 is 2. The van der Waals surface area contributed by atoms with Gasteiger partial charge in [-0.3, -0.25) is 4.79 Å². The SMILES string of the molecule is CCC1(COC)C(COC)=C([Si])C(=O)C1[Si]. The topological polar surface area (TPSA) is 35.5 Å². The maximum Gasteiger partial charge on any atom is 0.154 e. The Balaban J connectivity index is 3.17. The van der Waals surface area contributed by atoms with Crippen molar-refractivity contribution in [2.24, 2.45) is 5.41 Å². The molecule has 0 saturated carbocycles. The monoisotopic (exact) mass is 252 g/mol. The van der Waals surface area contributed by atoms with Crippen LogP contribution in [0.25, 0.3) is 0 Å². The smallest absolute Gasteiger partial charge is 0.154 e. The van der Waals surface area contributed by atoms with Crippen LogP contribution in [0.15, 0.2) is 10.8 Å². The van der Waals surface area contributed by atoms with E-state index < -0.39 is 0 Å². The lowest BCUT2D eigenvalue weighted by atomic mass is 9.79. The molecule has 0 spiro atoms. The number of hydrogen-bond acceptors (Lipinski definition) is 3. The van der Waals surface area contributed by atoms with E-state index in [1.807, 2.05) is 0 Å². The van der Waals surface area contributed by atoms with Gasteiger partial charge in [-0.15, -0.1) is 0 Å². The number of carbonyl (C=O) groups is 1. The molecule has 1 aliphatic rings. The molecule has 5 heteroatoms. The van der Waals surface area contributed by atoms with Gasteiger partial charge in [-0.2, -0.15) is 0 Å². The van der Waals surface area contributed by atoms with Crippen LogP contribution in [-0.2, 0) is 14.3 Å². The van der Waals surface area contributed by atoms with Crippen molar-refractivity contribution in [3.8, 4) is 0 Å². The fourth-order valence-corrected chi connectivity index (χ4v) is 3.49. The number of Topliss-reactive ketones (excluding diaryl/α,β-unsaturated/α-hetero) is 1. The summed E-state index contributed by atoms with van der Waals surface area (Å²) < 4.78 is 10.4. The summed E-state index contributed by atoms with van der Waals surface area (Å²) in [4.78, 5) is 12.0. The Hall–Kier alpha value is -0.236. The standard InChI is InChI=1S/C11H16O3Si2/c1-4-11(6-14-3)7(5-13-2)9(15)8(12)10(11)16/h10H,4-6H2,1-3H3. The molecule has 0 heterocycles. The predicted molar refractivity (Wildman–Crippen MR) is 63.8 cm³/mol. The second kappa shape index (κ2) is 5.40. The zero-order valence-electron chi connectivity index (χ0n) is 9.92. The molecular formula is C11H16O3Si2.